The van der Waals surface area contributed by atoms with Gasteiger partial charge < -0.3 is 14.6 Å². The second kappa shape index (κ2) is 6.78. The zero-order valence-corrected chi connectivity index (χ0v) is 10.2. The lowest BCUT2D eigenvalue weighted by molar-refractivity contribution is -0.138. The summed E-state index contributed by atoms with van der Waals surface area (Å²) in [5, 5.41) is 8.66. The van der Waals surface area contributed by atoms with Crippen molar-refractivity contribution < 1.29 is 19.4 Å². The highest BCUT2D eigenvalue weighted by atomic mass is 16.5. The molecule has 4 heteroatoms. The standard InChI is InChI=1S/C13H18O4/c1-3-8-16-11-6-4-5-7-12(11)17-10(2)9-13(14)15/h4-7,10H,3,8-9H2,1-2H3,(H,14,15)/t10-/m1/s1. The van der Waals surface area contributed by atoms with Crippen molar-refractivity contribution in [1.29, 1.82) is 0 Å². The van der Waals surface area contributed by atoms with Crippen molar-refractivity contribution in [3.63, 3.8) is 0 Å². The Morgan fingerprint density at radius 3 is 2.59 bits per heavy atom. The molecule has 0 bridgehead atoms. The Morgan fingerprint density at radius 1 is 1.35 bits per heavy atom. The van der Waals surface area contributed by atoms with Gasteiger partial charge in [-0.25, -0.2) is 0 Å². The molecule has 0 saturated heterocycles. The van der Waals surface area contributed by atoms with E-state index in [1.54, 1.807) is 13.0 Å². The Labute approximate surface area is 101 Å². The van der Waals surface area contributed by atoms with Gasteiger partial charge in [-0.15, -0.1) is 0 Å². The van der Waals surface area contributed by atoms with Crippen molar-refractivity contribution in [2.75, 3.05) is 6.61 Å². The van der Waals surface area contributed by atoms with Crippen LogP contribution in [0.4, 0.5) is 0 Å². The number of carbonyl (C=O) groups is 1. The molecule has 0 saturated carbocycles. The van der Waals surface area contributed by atoms with Gasteiger partial charge in [-0.2, -0.15) is 0 Å². The molecule has 1 aromatic carbocycles. The number of carboxylic acid groups (broad SMARTS) is 1. The van der Waals surface area contributed by atoms with Crippen molar-refractivity contribution in [1.82, 2.24) is 0 Å². The molecule has 0 aliphatic rings. The van der Waals surface area contributed by atoms with Gasteiger partial charge >= 0.3 is 5.97 Å². The van der Waals surface area contributed by atoms with Crippen LogP contribution in [0, 0.1) is 0 Å². The first-order chi connectivity index (χ1) is 8.13. The summed E-state index contributed by atoms with van der Waals surface area (Å²) in [4.78, 5) is 10.5. The fourth-order valence-electron chi connectivity index (χ4n) is 1.38. The van der Waals surface area contributed by atoms with Crippen LogP contribution in [0.1, 0.15) is 26.7 Å². The number of hydrogen-bond acceptors (Lipinski definition) is 3. The average Bonchev–Trinajstić information content (AvgIpc) is 2.26. The molecule has 0 aliphatic carbocycles. The van der Waals surface area contributed by atoms with Crippen LogP contribution in [0.3, 0.4) is 0 Å². The summed E-state index contributed by atoms with van der Waals surface area (Å²) in [5.74, 6) is 0.380. The van der Waals surface area contributed by atoms with Crippen molar-refractivity contribution in [3.05, 3.63) is 24.3 Å². The van der Waals surface area contributed by atoms with Gasteiger partial charge in [-0.3, -0.25) is 4.79 Å². The van der Waals surface area contributed by atoms with E-state index in [1.807, 2.05) is 25.1 Å². The lowest BCUT2D eigenvalue weighted by atomic mass is 10.2. The number of rotatable bonds is 7. The number of hydrogen-bond donors (Lipinski definition) is 1. The van der Waals surface area contributed by atoms with Crippen molar-refractivity contribution in [2.24, 2.45) is 0 Å². The summed E-state index contributed by atoms with van der Waals surface area (Å²) in [7, 11) is 0. The van der Waals surface area contributed by atoms with Crippen LogP contribution in [-0.4, -0.2) is 23.8 Å². The molecule has 0 radical (unpaired) electrons. The van der Waals surface area contributed by atoms with Crippen LogP contribution < -0.4 is 9.47 Å². The van der Waals surface area contributed by atoms with Gasteiger partial charge in [0.2, 0.25) is 0 Å². The van der Waals surface area contributed by atoms with E-state index < -0.39 is 5.97 Å². The predicted molar refractivity (Wildman–Crippen MR) is 64.6 cm³/mol. The maximum absolute atomic E-state index is 10.5. The number of ether oxygens (including phenoxy) is 2. The molecule has 1 atom stereocenters. The zero-order valence-electron chi connectivity index (χ0n) is 10.2. The number of carboxylic acids is 1. The smallest absolute Gasteiger partial charge is 0.307 e. The lowest BCUT2D eigenvalue weighted by Gasteiger charge is -2.16. The highest BCUT2D eigenvalue weighted by Crippen LogP contribution is 2.27. The first-order valence-corrected chi connectivity index (χ1v) is 5.73. The maximum atomic E-state index is 10.5. The molecule has 17 heavy (non-hydrogen) atoms. The van der Waals surface area contributed by atoms with Crippen LogP contribution in [0.5, 0.6) is 11.5 Å². The monoisotopic (exact) mass is 238 g/mol. The molecule has 1 rings (SSSR count). The van der Waals surface area contributed by atoms with Crippen LogP contribution in [0.25, 0.3) is 0 Å². The Hall–Kier alpha value is -1.71. The van der Waals surface area contributed by atoms with E-state index in [0.717, 1.165) is 6.42 Å². The Bertz CT molecular complexity index is 362. The normalized spacial score (nSPS) is 11.9. The second-order valence-electron chi connectivity index (χ2n) is 3.82. The van der Waals surface area contributed by atoms with Gasteiger partial charge in [0.1, 0.15) is 6.10 Å². The SMILES string of the molecule is CCCOc1ccccc1O[C@H](C)CC(=O)O. The summed E-state index contributed by atoms with van der Waals surface area (Å²) in [5.41, 5.74) is 0. The summed E-state index contributed by atoms with van der Waals surface area (Å²) < 4.78 is 11.1. The quantitative estimate of drug-likeness (QED) is 0.793. The number of benzene rings is 1. The molecular formula is C13H18O4. The molecule has 0 unspecified atom stereocenters. The highest BCUT2D eigenvalue weighted by molar-refractivity contribution is 5.67. The molecule has 0 fully saturated rings. The third-order valence-electron chi connectivity index (χ3n) is 2.10. The van der Waals surface area contributed by atoms with Gasteiger partial charge in [0.15, 0.2) is 11.5 Å². The molecule has 0 spiro atoms. The van der Waals surface area contributed by atoms with Gasteiger partial charge in [0.25, 0.3) is 0 Å². The van der Waals surface area contributed by atoms with Crippen molar-refractivity contribution >= 4 is 5.97 Å². The summed E-state index contributed by atoms with van der Waals surface area (Å²) in [6, 6.07) is 7.29. The summed E-state index contributed by atoms with van der Waals surface area (Å²) in [6.07, 6.45) is 0.514. The molecule has 0 aromatic heterocycles. The molecule has 1 N–H and O–H groups in total. The number of aliphatic carboxylic acids is 1. The third kappa shape index (κ3) is 4.76. The van der Waals surface area contributed by atoms with E-state index >= 15 is 0 Å². The van der Waals surface area contributed by atoms with E-state index in [1.165, 1.54) is 0 Å². The lowest BCUT2D eigenvalue weighted by Crippen LogP contribution is -2.17. The summed E-state index contributed by atoms with van der Waals surface area (Å²) in [6.45, 7) is 4.37. The van der Waals surface area contributed by atoms with Crippen molar-refractivity contribution in [3.8, 4) is 11.5 Å². The molecule has 1 aromatic rings. The maximum Gasteiger partial charge on any atom is 0.307 e. The fourth-order valence-corrected chi connectivity index (χ4v) is 1.38. The van der Waals surface area contributed by atoms with Crippen LogP contribution in [0.15, 0.2) is 24.3 Å². The second-order valence-corrected chi connectivity index (χ2v) is 3.82. The largest absolute Gasteiger partial charge is 0.490 e. The molecule has 0 amide bonds. The average molecular weight is 238 g/mol. The van der Waals surface area contributed by atoms with Gasteiger partial charge in [-0.05, 0) is 25.5 Å². The van der Waals surface area contributed by atoms with Gasteiger partial charge in [0, 0.05) is 0 Å². The predicted octanol–water partition coefficient (Wildman–Crippen LogP) is 2.72. The Morgan fingerprint density at radius 2 is 2.00 bits per heavy atom. The van der Waals surface area contributed by atoms with E-state index in [2.05, 4.69) is 0 Å². The minimum absolute atomic E-state index is 0.0257. The first kappa shape index (κ1) is 13.4. The molecule has 94 valence electrons. The van der Waals surface area contributed by atoms with Gasteiger partial charge in [0.05, 0.1) is 13.0 Å². The molecule has 0 heterocycles. The molecule has 4 nitrogen and oxygen atoms in total. The van der Waals surface area contributed by atoms with Crippen LogP contribution in [-0.2, 0) is 4.79 Å². The van der Waals surface area contributed by atoms with Gasteiger partial charge in [-0.1, -0.05) is 19.1 Å². The van der Waals surface area contributed by atoms with E-state index in [4.69, 9.17) is 14.6 Å². The van der Waals surface area contributed by atoms with Crippen LogP contribution >= 0.6 is 0 Å². The minimum Gasteiger partial charge on any atom is -0.490 e. The molecule has 0 aliphatic heterocycles. The third-order valence-corrected chi connectivity index (χ3v) is 2.10. The molecular weight excluding hydrogens is 220 g/mol. The fraction of sp³-hybridized carbons (Fsp3) is 0.462. The highest BCUT2D eigenvalue weighted by Gasteiger charge is 2.12. The minimum atomic E-state index is -0.871. The summed E-state index contributed by atoms with van der Waals surface area (Å²) >= 11 is 0. The van der Waals surface area contributed by atoms with Crippen LogP contribution in [0.2, 0.25) is 0 Å². The van der Waals surface area contributed by atoms with E-state index in [9.17, 15) is 4.79 Å². The van der Waals surface area contributed by atoms with E-state index in [0.29, 0.717) is 18.1 Å². The number of para-hydroxylation sites is 2. The topological polar surface area (TPSA) is 55.8 Å². The van der Waals surface area contributed by atoms with Crippen molar-refractivity contribution in [2.45, 2.75) is 32.8 Å². The Balaban J connectivity index is 2.65. The first-order valence-electron chi connectivity index (χ1n) is 5.73. The zero-order chi connectivity index (χ0) is 12.7. The Kier molecular flexibility index (Phi) is 5.33. The van der Waals surface area contributed by atoms with E-state index in [-0.39, 0.29) is 12.5 Å².